The highest BCUT2D eigenvalue weighted by atomic mass is 16.2. The van der Waals surface area contributed by atoms with Crippen molar-refractivity contribution in [3.63, 3.8) is 0 Å². The van der Waals surface area contributed by atoms with Crippen LogP contribution in [0.5, 0.6) is 0 Å². The van der Waals surface area contributed by atoms with Gasteiger partial charge in [-0.15, -0.1) is 0 Å². The zero-order valence-corrected chi connectivity index (χ0v) is 15.2. The number of Topliss-reactive ketones (excluding diaryl/α,β-unsaturated/α-hetero) is 1. The van der Waals surface area contributed by atoms with Crippen LogP contribution in [0, 0.1) is 11.3 Å². The molecular weight excluding hydrogens is 370 g/mol. The van der Waals surface area contributed by atoms with Crippen molar-refractivity contribution in [3.8, 4) is 6.07 Å². The molecule has 1 unspecified atom stereocenters. The molecule has 2 aromatic rings. The second-order valence-electron chi connectivity index (χ2n) is 6.87. The van der Waals surface area contributed by atoms with Crippen molar-refractivity contribution in [1.82, 2.24) is 5.32 Å². The zero-order valence-electron chi connectivity index (χ0n) is 15.2. The summed E-state index contributed by atoms with van der Waals surface area (Å²) in [5.74, 6) is -1.33. The van der Waals surface area contributed by atoms with E-state index in [2.05, 4.69) is 21.8 Å². The minimum Gasteiger partial charge on any atom is -0.324 e. The topological polar surface area (TPSA) is 115 Å². The monoisotopic (exact) mass is 383 g/mol. The van der Waals surface area contributed by atoms with Crippen LogP contribution in [0.1, 0.15) is 22.8 Å². The molecule has 2 aromatic carbocycles. The standard InChI is InChI=1S/C21H13N5O3/c1-11(27)17-21(13-7-3-4-8-15(13)23-20(21)29)14(10-22)18-24-19(28)12-6-2-5-9-16(12)26(18)25-17/h2-9H,1H3,(H,23,29)(H,24,28). The molecule has 29 heavy (non-hydrogen) atoms. The number of fused-ring (bicyclic) bond motifs is 5. The number of para-hydroxylation sites is 2. The molecular formula is C21H13N5O3. The average molecular weight is 383 g/mol. The summed E-state index contributed by atoms with van der Waals surface area (Å²) in [7, 11) is 0. The van der Waals surface area contributed by atoms with Gasteiger partial charge in [-0.3, -0.25) is 14.4 Å². The largest absolute Gasteiger partial charge is 0.324 e. The second kappa shape index (κ2) is 5.62. The summed E-state index contributed by atoms with van der Waals surface area (Å²) < 4.78 is 0. The number of benzene rings is 2. The van der Waals surface area contributed by atoms with Gasteiger partial charge in [-0.05, 0) is 18.2 Å². The van der Waals surface area contributed by atoms with Gasteiger partial charge in [0.05, 0.1) is 16.8 Å². The predicted octanol–water partition coefficient (Wildman–Crippen LogP) is 1.82. The summed E-state index contributed by atoms with van der Waals surface area (Å²) in [5, 5.41) is 21.4. The molecule has 3 aliphatic rings. The van der Waals surface area contributed by atoms with E-state index in [1.807, 2.05) is 0 Å². The van der Waals surface area contributed by atoms with Gasteiger partial charge in [0.1, 0.15) is 11.8 Å². The fourth-order valence-electron chi connectivity index (χ4n) is 4.15. The number of rotatable bonds is 1. The van der Waals surface area contributed by atoms with Gasteiger partial charge in [0.2, 0.25) is 5.91 Å². The van der Waals surface area contributed by atoms with E-state index in [-0.39, 0.29) is 17.1 Å². The molecule has 1 spiro atoms. The number of nitrogens with zero attached hydrogens (tertiary/aromatic N) is 3. The molecule has 0 saturated heterocycles. The fraction of sp³-hybridized carbons (Fsp3) is 0.0952. The quantitative estimate of drug-likeness (QED) is 0.780. The minimum absolute atomic E-state index is 0.0528. The van der Waals surface area contributed by atoms with Gasteiger partial charge in [-0.2, -0.15) is 10.4 Å². The Labute approximate surface area is 165 Å². The van der Waals surface area contributed by atoms with Gasteiger partial charge in [0, 0.05) is 18.2 Å². The first-order chi connectivity index (χ1) is 14.0. The highest BCUT2D eigenvalue weighted by Crippen LogP contribution is 2.48. The van der Waals surface area contributed by atoms with Crippen molar-refractivity contribution in [1.29, 1.82) is 5.26 Å². The number of amides is 2. The molecule has 0 radical (unpaired) electrons. The SMILES string of the molecule is CC(=O)C1=NN2C(=C(C#N)C13C(=O)Nc1ccccc13)NC(=O)c1ccccc12. The van der Waals surface area contributed by atoms with E-state index in [9.17, 15) is 19.6 Å². The molecule has 2 amide bonds. The van der Waals surface area contributed by atoms with E-state index >= 15 is 0 Å². The Morgan fingerprint density at radius 1 is 1.10 bits per heavy atom. The number of nitrogens with one attached hydrogen (secondary N) is 2. The molecule has 8 nitrogen and oxygen atoms in total. The van der Waals surface area contributed by atoms with E-state index in [0.29, 0.717) is 22.5 Å². The van der Waals surface area contributed by atoms with Crippen LogP contribution in [0.2, 0.25) is 0 Å². The van der Waals surface area contributed by atoms with Gasteiger partial charge in [-0.25, -0.2) is 5.01 Å². The maximum atomic E-state index is 13.2. The van der Waals surface area contributed by atoms with E-state index in [1.165, 1.54) is 11.9 Å². The van der Waals surface area contributed by atoms with Gasteiger partial charge >= 0.3 is 0 Å². The molecule has 2 N–H and O–H groups in total. The maximum Gasteiger partial charge on any atom is 0.259 e. The lowest BCUT2D eigenvalue weighted by molar-refractivity contribution is -0.119. The first-order valence-corrected chi connectivity index (χ1v) is 8.86. The summed E-state index contributed by atoms with van der Waals surface area (Å²) >= 11 is 0. The maximum absolute atomic E-state index is 13.2. The van der Waals surface area contributed by atoms with Crippen molar-refractivity contribution < 1.29 is 14.4 Å². The first kappa shape index (κ1) is 16.9. The number of hydrogen-bond donors (Lipinski definition) is 2. The van der Waals surface area contributed by atoms with Gasteiger partial charge in [0.15, 0.2) is 17.0 Å². The molecule has 0 saturated carbocycles. The molecule has 8 heteroatoms. The van der Waals surface area contributed by atoms with E-state index in [4.69, 9.17) is 0 Å². The molecule has 0 bridgehead atoms. The molecule has 5 rings (SSSR count). The molecule has 0 aliphatic carbocycles. The van der Waals surface area contributed by atoms with Gasteiger partial charge in [0.25, 0.3) is 5.91 Å². The van der Waals surface area contributed by atoms with E-state index < -0.39 is 23.0 Å². The van der Waals surface area contributed by atoms with E-state index in [1.54, 1.807) is 48.5 Å². The second-order valence-corrected chi connectivity index (χ2v) is 6.87. The Morgan fingerprint density at radius 3 is 2.59 bits per heavy atom. The lowest BCUT2D eigenvalue weighted by atomic mass is 9.69. The summed E-state index contributed by atoms with van der Waals surface area (Å²) in [6, 6.07) is 15.6. The number of carbonyl (C=O) groups is 3. The third kappa shape index (κ3) is 1.96. The average Bonchev–Trinajstić information content (AvgIpc) is 3.00. The lowest BCUT2D eigenvalue weighted by Gasteiger charge is -2.39. The van der Waals surface area contributed by atoms with Crippen LogP contribution in [-0.4, -0.2) is 23.3 Å². The van der Waals surface area contributed by atoms with Crippen molar-refractivity contribution in [2.45, 2.75) is 12.3 Å². The summed E-state index contributed by atoms with van der Waals surface area (Å²) in [6.07, 6.45) is 0. The number of nitriles is 1. The normalized spacial score (nSPS) is 21.5. The van der Waals surface area contributed by atoms with Crippen molar-refractivity contribution >= 4 is 34.7 Å². The van der Waals surface area contributed by atoms with Crippen molar-refractivity contribution in [2.24, 2.45) is 5.10 Å². The van der Waals surface area contributed by atoms with Crippen LogP contribution in [0.15, 0.2) is 65.0 Å². The number of hydrogen-bond acceptors (Lipinski definition) is 6. The number of carbonyl (C=O) groups excluding carboxylic acids is 3. The number of anilines is 2. The number of ketones is 1. The van der Waals surface area contributed by atoms with Crippen molar-refractivity contribution in [2.75, 3.05) is 10.3 Å². The predicted molar refractivity (Wildman–Crippen MR) is 104 cm³/mol. The van der Waals surface area contributed by atoms with Gasteiger partial charge in [-0.1, -0.05) is 30.3 Å². The molecule has 0 fully saturated rings. The van der Waals surface area contributed by atoms with Crippen LogP contribution >= 0.6 is 0 Å². The third-order valence-electron chi connectivity index (χ3n) is 5.35. The Morgan fingerprint density at radius 2 is 1.83 bits per heavy atom. The summed E-state index contributed by atoms with van der Waals surface area (Å²) in [6.45, 7) is 1.31. The smallest absolute Gasteiger partial charge is 0.259 e. The molecule has 140 valence electrons. The van der Waals surface area contributed by atoms with E-state index in [0.717, 1.165) is 0 Å². The van der Waals surface area contributed by atoms with Crippen LogP contribution in [0.25, 0.3) is 0 Å². The van der Waals surface area contributed by atoms with Crippen LogP contribution in [0.4, 0.5) is 11.4 Å². The third-order valence-corrected chi connectivity index (χ3v) is 5.35. The lowest BCUT2D eigenvalue weighted by Crippen LogP contribution is -2.55. The molecule has 1 atom stereocenters. The Balaban J connectivity index is 1.89. The Bertz CT molecular complexity index is 1250. The minimum atomic E-state index is -1.72. The molecule has 3 aliphatic heterocycles. The zero-order chi connectivity index (χ0) is 20.3. The van der Waals surface area contributed by atoms with Crippen molar-refractivity contribution in [3.05, 3.63) is 71.1 Å². The Kier molecular flexibility index (Phi) is 3.28. The van der Waals surface area contributed by atoms with Crippen LogP contribution < -0.4 is 15.6 Å². The Hall–Kier alpha value is -4.25. The number of hydrazone groups is 1. The molecule has 3 heterocycles. The summed E-state index contributed by atoms with van der Waals surface area (Å²) in [5.41, 5.74) is -0.116. The van der Waals surface area contributed by atoms with Crippen LogP contribution in [-0.2, 0) is 15.0 Å². The van der Waals surface area contributed by atoms with Gasteiger partial charge < -0.3 is 10.6 Å². The fourth-order valence-corrected chi connectivity index (χ4v) is 4.15. The highest BCUT2D eigenvalue weighted by molar-refractivity contribution is 6.50. The highest BCUT2D eigenvalue weighted by Gasteiger charge is 2.59. The molecule has 0 aromatic heterocycles. The van der Waals surface area contributed by atoms with Crippen LogP contribution in [0.3, 0.4) is 0 Å². The first-order valence-electron chi connectivity index (χ1n) is 8.86. The summed E-state index contributed by atoms with van der Waals surface area (Å²) in [4.78, 5) is 38.6.